The van der Waals surface area contributed by atoms with Crippen LogP contribution in [0.2, 0.25) is 0 Å². The zero-order valence-electron chi connectivity index (χ0n) is 14.4. The number of hydrogen-bond acceptors (Lipinski definition) is 4. The first-order valence-electron chi connectivity index (χ1n) is 8.40. The van der Waals surface area contributed by atoms with Gasteiger partial charge in [-0.2, -0.15) is 0 Å². The number of para-hydroxylation sites is 1. The van der Waals surface area contributed by atoms with Crippen LogP contribution in [0.3, 0.4) is 0 Å². The van der Waals surface area contributed by atoms with Crippen LogP contribution in [0.25, 0.3) is 0 Å². The molecule has 0 saturated heterocycles. The van der Waals surface area contributed by atoms with Crippen LogP contribution in [0.4, 0.5) is 5.69 Å². The van der Waals surface area contributed by atoms with Gasteiger partial charge in [-0.1, -0.05) is 24.3 Å². The topological polar surface area (TPSA) is 55.8 Å². The molecule has 25 heavy (non-hydrogen) atoms. The Kier molecular flexibility index (Phi) is 5.03. The maximum atomic E-state index is 12.6. The molecule has 5 nitrogen and oxygen atoms in total. The van der Waals surface area contributed by atoms with E-state index in [1.165, 1.54) is 5.56 Å². The highest BCUT2D eigenvalue weighted by Gasteiger charge is 2.30. The molecule has 2 aromatic carbocycles. The zero-order valence-corrected chi connectivity index (χ0v) is 14.4. The van der Waals surface area contributed by atoms with Gasteiger partial charge in [0.25, 0.3) is 5.91 Å². The normalized spacial score (nSPS) is 15.6. The second-order valence-corrected chi connectivity index (χ2v) is 5.98. The van der Waals surface area contributed by atoms with E-state index in [0.717, 1.165) is 12.1 Å². The standard InChI is InChI=1S/C20H21NO4/c1-3-24-20(23)16-8-6-9-17(12-16)25-13-19(22)21-14(2)11-15-7-4-5-10-18(15)21/h4-10,12,14H,3,11,13H2,1-2H3/t14-/m1/s1. The second-order valence-electron chi connectivity index (χ2n) is 5.98. The fourth-order valence-electron chi connectivity index (χ4n) is 3.09. The Morgan fingerprint density at radius 3 is 2.76 bits per heavy atom. The third kappa shape index (κ3) is 3.65. The number of hydrogen-bond donors (Lipinski definition) is 0. The summed E-state index contributed by atoms with van der Waals surface area (Å²) < 4.78 is 10.6. The minimum absolute atomic E-state index is 0.0784. The first kappa shape index (κ1) is 17.0. The van der Waals surface area contributed by atoms with Gasteiger partial charge in [-0.05, 0) is 50.1 Å². The van der Waals surface area contributed by atoms with Crippen molar-refractivity contribution >= 4 is 17.6 Å². The Bertz CT molecular complexity index is 787. The van der Waals surface area contributed by atoms with Crippen molar-refractivity contribution in [3.05, 3.63) is 59.7 Å². The van der Waals surface area contributed by atoms with Gasteiger partial charge in [0.05, 0.1) is 12.2 Å². The highest BCUT2D eigenvalue weighted by molar-refractivity contribution is 5.97. The molecule has 5 heteroatoms. The Hall–Kier alpha value is -2.82. The van der Waals surface area contributed by atoms with E-state index in [0.29, 0.717) is 17.9 Å². The summed E-state index contributed by atoms with van der Waals surface area (Å²) in [6.07, 6.45) is 0.847. The van der Waals surface area contributed by atoms with Gasteiger partial charge in [-0.25, -0.2) is 4.79 Å². The van der Waals surface area contributed by atoms with Crippen molar-refractivity contribution in [1.82, 2.24) is 0 Å². The summed E-state index contributed by atoms with van der Waals surface area (Å²) >= 11 is 0. The lowest BCUT2D eigenvalue weighted by Crippen LogP contribution is -2.39. The minimum Gasteiger partial charge on any atom is -0.484 e. The largest absolute Gasteiger partial charge is 0.484 e. The molecule has 1 amide bonds. The molecule has 1 heterocycles. The first-order chi connectivity index (χ1) is 12.1. The molecule has 0 N–H and O–H groups in total. The number of nitrogens with zero attached hydrogens (tertiary/aromatic N) is 1. The molecule has 0 radical (unpaired) electrons. The molecule has 0 bridgehead atoms. The lowest BCUT2D eigenvalue weighted by Gasteiger charge is -2.22. The predicted octanol–water partition coefficient (Wildman–Crippen LogP) is 3.22. The van der Waals surface area contributed by atoms with Crippen molar-refractivity contribution in [2.75, 3.05) is 18.1 Å². The zero-order chi connectivity index (χ0) is 17.8. The van der Waals surface area contributed by atoms with Crippen molar-refractivity contribution in [2.24, 2.45) is 0 Å². The maximum absolute atomic E-state index is 12.6. The van der Waals surface area contributed by atoms with Gasteiger partial charge in [0.2, 0.25) is 0 Å². The van der Waals surface area contributed by atoms with E-state index in [1.807, 2.05) is 31.2 Å². The molecule has 0 unspecified atom stereocenters. The summed E-state index contributed by atoms with van der Waals surface area (Å²) in [5, 5.41) is 0. The van der Waals surface area contributed by atoms with Gasteiger partial charge in [0.15, 0.2) is 6.61 Å². The van der Waals surface area contributed by atoms with Crippen LogP contribution in [0, 0.1) is 0 Å². The number of fused-ring (bicyclic) bond motifs is 1. The minimum atomic E-state index is -0.402. The predicted molar refractivity (Wildman–Crippen MR) is 95.0 cm³/mol. The molecule has 0 saturated carbocycles. The number of esters is 1. The highest BCUT2D eigenvalue weighted by atomic mass is 16.5. The highest BCUT2D eigenvalue weighted by Crippen LogP contribution is 2.31. The molecule has 1 atom stereocenters. The second kappa shape index (κ2) is 7.38. The smallest absolute Gasteiger partial charge is 0.338 e. The van der Waals surface area contributed by atoms with Gasteiger partial charge in [-0.3, -0.25) is 4.79 Å². The molecular formula is C20H21NO4. The van der Waals surface area contributed by atoms with E-state index in [9.17, 15) is 9.59 Å². The molecule has 130 valence electrons. The number of benzene rings is 2. The Balaban J connectivity index is 1.67. The summed E-state index contributed by atoms with van der Waals surface area (Å²) in [6, 6.07) is 14.7. The van der Waals surface area contributed by atoms with Crippen LogP contribution in [-0.2, 0) is 16.0 Å². The molecular weight excluding hydrogens is 318 g/mol. The van der Waals surface area contributed by atoms with E-state index in [2.05, 4.69) is 0 Å². The van der Waals surface area contributed by atoms with E-state index >= 15 is 0 Å². The fourth-order valence-corrected chi connectivity index (χ4v) is 3.09. The summed E-state index contributed by atoms with van der Waals surface area (Å²) in [4.78, 5) is 26.2. The van der Waals surface area contributed by atoms with Gasteiger partial charge < -0.3 is 14.4 Å². The van der Waals surface area contributed by atoms with Crippen molar-refractivity contribution in [3.8, 4) is 5.75 Å². The number of rotatable bonds is 5. The van der Waals surface area contributed by atoms with Crippen LogP contribution in [0.5, 0.6) is 5.75 Å². The molecule has 3 rings (SSSR count). The first-order valence-corrected chi connectivity index (χ1v) is 8.40. The number of ether oxygens (including phenoxy) is 2. The molecule has 0 fully saturated rings. The van der Waals surface area contributed by atoms with Gasteiger partial charge in [0.1, 0.15) is 5.75 Å². The van der Waals surface area contributed by atoms with Crippen molar-refractivity contribution < 1.29 is 19.1 Å². The Labute approximate surface area is 147 Å². The summed E-state index contributed by atoms with van der Waals surface area (Å²) in [5.74, 6) is -0.0283. The van der Waals surface area contributed by atoms with Gasteiger partial charge in [0, 0.05) is 11.7 Å². The molecule has 2 aromatic rings. The van der Waals surface area contributed by atoms with Crippen LogP contribution >= 0.6 is 0 Å². The molecule has 0 aromatic heterocycles. The quantitative estimate of drug-likeness (QED) is 0.785. The van der Waals surface area contributed by atoms with Crippen molar-refractivity contribution in [1.29, 1.82) is 0 Å². The fraction of sp³-hybridized carbons (Fsp3) is 0.300. The number of carbonyl (C=O) groups is 2. The number of anilines is 1. The van der Waals surface area contributed by atoms with Crippen LogP contribution in [-0.4, -0.2) is 31.1 Å². The van der Waals surface area contributed by atoms with E-state index in [1.54, 1.807) is 36.1 Å². The summed E-state index contributed by atoms with van der Waals surface area (Å²) in [6.45, 7) is 4.02. The van der Waals surface area contributed by atoms with E-state index < -0.39 is 5.97 Å². The maximum Gasteiger partial charge on any atom is 0.338 e. The Morgan fingerprint density at radius 2 is 1.96 bits per heavy atom. The van der Waals surface area contributed by atoms with Gasteiger partial charge >= 0.3 is 5.97 Å². The molecule has 0 spiro atoms. The van der Waals surface area contributed by atoms with E-state index in [-0.39, 0.29) is 18.6 Å². The third-order valence-corrected chi connectivity index (χ3v) is 4.18. The lowest BCUT2D eigenvalue weighted by molar-refractivity contribution is -0.120. The van der Waals surface area contributed by atoms with Crippen molar-refractivity contribution in [3.63, 3.8) is 0 Å². The number of carbonyl (C=O) groups excluding carboxylic acids is 2. The number of amides is 1. The lowest BCUT2D eigenvalue weighted by atomic mass is 10.1. The average Bonchev–Trinajstić information content (AvgIpc) is 2.96. The third-order valence-electron chi connectivity index (χ3n) is 4.18. The van der Waals surface area contributed by atoms with Gasteiger partial charge in [-0.15, -0.1) is 0 Å². The Morgan fingerprint density at radius 1 is 1.16 bits per heavy atom. The summed E-state index contributed by atoms with van der Waals surface area (Å²) in [5.41, 5.74) is 2.53. The average molecular weight is 339 g/mol. The SMILES string of the molecule is CCOC(=O)c1cccc(OCC(=O)N2c3ccccc3C[C@H]2C)c1. The monoisotopic (exact) mass is 339 g/mol. The summed E-state index contributed by atoms with van der Waals surface area (Å²) in [7, 11) is 0. The molecule has 1 aliphatic rings. The van der Waals surface area contributed by atoms with Crippen LogP contribution in [0.1, 0.15) is 29.8 Å². The van der Waals surface area contributed by atoms with E-state index in [4.69, 9.17) is 9.47 Å². The molecule has 0 aliphatic carbocycles. The van der Waals surface area contributed by atoms with Crippen LogP contribution in [0.15, 0.2) is 48.5 Å². The van der Waals surface area contributed by atoms with Crippen LogP contribution < -0.4 is 9.64 Å². The van der Waals surface area contributed by atoms with Crippen molar-refractivity contribution in [2.45, 2.75) is 26.3 Å². The molecule has 1 aliphatic heterocycles.